The van der Waals surface area contributed by atoms with Crippen molar-refractivity contribution in [3.63, 3.8) is 0 Å². The van der Waals surface area contributed by atoms with E-state index < -0.39 is 12.1 Å². The van der Waals surface area contributed by atoms with Crippen molar-refractivity contribution in [1.82, 2.24) is 0 Å². The van der Waals surface area contributed by atoms with E-state index in [0.29, 0.717) is 30.3 Å². The molecule has 0 aliphatic rings. The first-order valence-electron chi connectivity index (χ1n) is 9.85. The molecular formula is C23H29NO5. The number of nitrogens with one attached hydrogen (secondary N) is 1. The van der Waals surface area contributed by atoms with E-state index in [1.54, 1.807) is 25.1 Å². The topological polar surface area (TPSA) is 73.9 Å². The lowest BCUT2D eigenvalue weighted by molar-refractivity contribution is -0.123. The molecule has 29 heavy (non-hydrogen) atoms. The molecule has 2 rings (SSSR count). The minimum atomic E-state index is -0.951. The van der Waals surface area contributed by atoms with Crippen LogP contribution in [-0.2, 0) is 9.53 Å². The van der Waals surface area contributed by atoms with Gasteiger partial charge in [0.2, 0.25) is 0 Å². The zero-order chi connectivity index (χ0) is 21.4. The van der Waals surface area contributed by atoms with Crippen LogP contribution < -0.4 is 14.8 Å². The molecule has 0 aromatic heterocycles. The highest BCUT2D eigenvalue weighted by molar-refractivity contribution is 5.98. The number of anilines is 1. The van der Waals surface area contributed by atoms with Crippen LogP contribution in [0.15, 0.2) is 36.4 Å². The van der Waals surface area contributed by atoms with Gasteiger partial charge in [-0.2, -0.15) is 0 Å². The van der Waals surface area contributed by atoms with Gasteiger partial charge in [0, 0.05) is 5.69 Å². The monoisotopic (exact) mass is 399 g/mol. The molecule has 0 radical (unpaired) electrons. The molecule has 156 valence electrons. The van der Waals surface area contributed by atoms with Crippen molar-refractivity contribution >= 4 is 17.6 Å². The molecule has 0 saturated carbocycles. The molecule has 0 spiro atoms. The number of para-hydroxylation sites is 1. The maximum Gasteiger partial charge on any atom is 0.339 e. The summed E-state index contributed by atoms with van der Waals surface area (Å²) in [4.78, 5) is 25.0. The summed E-state index contributed by atoms with van der Waals surface area (Å²) in [5, 5.41) is 2.84. The van der Waals surface area contributed by atoms with Crippen molar-refractivity contribution in [3.8, 4) is 11.5 Å². The van der Waals surface area contributed by atoms with Crippen molar-refractivity contribution in [1.29, 1.82) is 0 Å². The molecule has 0 aliphatic carbocycles. The third kappa shape index (κ3) is 5.98. The number of hydrogen-bond donors (Lipinski definition) is 1. The van der Waals surface area contributed by atoms with Gasteiger partial charge in [-0.25, -0.2) is 4.79 Å². The summed E-state index contributed by atoms with van der Waals surface area (Å²) in [7, 11) is 0. The summed E-state index contributed by atoms with van der Waals surface area (Å²) in [6.45, 7) is 10.2. The second-order valence-corrected chi connectivity index (χ2v) is 6.75. The first-order chi connectivity index (χ1) is 13.9. The number of hydrogen-bond acceptors (Lipinski definition) is 5. The molecule has 6 nitrogen and oxygen atoms in total. The highest BCUT2D eigenvalue weighted by Crippen LogP contribution is 2.29. The number of carbonyl (C=O) groups excluding carboxylic acids is 2. The van der Waals surface area contributed by atoms with Crippen LogP contribution in [0.2, 0.25) is 0 Å². The highest BCUT2D eigenvalue weighted by Gasteiger charge is 2.21. The summed E-state index contributed by atoms with van der Waals surface area (Å²) in [5.41, 5.74) is 2.92. The van der Waals surface area contributed by atoms with E-state index >= 15 is 0 Å². The molecule has 2 aromatic carbocycles. The van der Waals surface area contributed by atoms with Crippen LogP contribution in [0.3, 0.4) is 0 Å². The Morgan fingerprint density at radius 3 is 2.31 bits per heavy atom. The zero-order valence-corrected chi connectivity index (χ0v) is 17.7. The molecule has 0 unspecified atom stereocenters. The van der Waals surface area contributed by atoms with E-state index in [1.807, 2.05) is 45.9 Å². The van der Waals surface area contributed by atoms with Crippen molar-refractivity contribution in [2.24, 2.45) is 0 Å². The Bertz CT molecular complexity index is 842. The summed E-state index contributed by atoms with van der Waals surface area (Å²) in [6, 6.07) is 10.6. The molecule has 2 aromatic rings. The van der Waals surface area contributed by atoms with E-state index in [-0.39, 0.29) is 5.91 Å². The van der Waals surface area contributed by atoms with Crippen LogP contribution >= 0.6 is 0 Å². The highest BCUT2D eigenvalue weighted by atomic mass is 16.5. The second kappa shape index (κ2) is 10.5. The van der Waals surface area contributed by atoms with Crippen molar-refractivity contribution < 1.29 is 23.8 Å². The fourth-order valence-electron chi connectivity index (χ4n) is 2.75. The van der Waals surface area contributed by atoms with Gasteiger partial charge in [0.1, 0.15) is 0 Å². The van der Waals surface area contributed by atoms with E-state index in [0.717, 1.165) is 23.2 Å². The van der Waals surface area contributed by atoms with Crippen LogP contribution in [-0.4, -0.2) is 31.2 Å². The number of ether oxygens (including phenoxy) is 3. The fourth-order valence-corrected chi connectivity index (χ4v) is 2.75. The lowest BCUT2D eigenvalue weighted by atomic mass is 10.1. The maximum absolute atomic E-state index is 12.5. The summed E-state index contributed by atoms with van der Waals surface area (Å²) in [5.74, 6) is 0.0648. The largest absolute Gasteiger partial charge is 0.490 e. The van der Waals surface area contributed by atoms with E-state index in [1.165, 1.54) is 0 Å². The lowest BCUT2D eigenvalue weighted by Crippen LogP contribution is -2.30. The Morgan fingerprint density at radius 1 is 1.00 bits per heavy atom. The fraction of sp³-hybridized carbons (Fsp3) is 0.391. The van der Waals surface area contributed by atoms with Gasteiger partial charge < -0.3 is 19.5 Å². The van der Waals surface area contributed by atoms with E-state index in [9.17, 15) is 9.59 Å². The molecule has 0 saturated heterocycles. The average Bonchev–Trinajstić information content (AvgIpc) is 2.69. The van der Waals surface area contributed by atoms with Gasteiger partial charge >= 0.3 is 5.97 Å². The molecule has 0 heterocycles. The maximum atomic E-state index is 12.5. The first-order valence-corrected chi connectivity index (χ1v) is 9.85. The quantitative estimate of drug-likeness (QED) is 0.620. The number of benzene rings is 2. The molecule has 0 aliphatic heterocycles. The van der Waals surface area contributed by atoms with Crippen molar-refractivity contribution in [2.45, 2.75) is 47.1 Å². The van der Waals surface area contributed by atoms with E-state index in [4.69, 9.17) is 14.2 Å². The number of carbonyl (C=O) groups is 2. The molecule has 1 atom stereocenters. The second-order valence-electron chi connectivity index (χ2n) is 6.75. The standard InChI is InChI=1S/C23H29NO5/c1-6-13-28-19-12-11-18(14-20(19)27-7-2)23(26)29-17(5)22(25)24-21-15(3)9-8-10-16(21)4/h8-12,14,17H,6-7,13H2,1-5H3,(H,24,25)/t17-/m0/s1. The molecule has 6 heteroatoms. The van der Waals surface area contributed by atoms with Crippen LogP contribution in [0.25, 0.3) is 0 Å². The molecule has 1 N–H and O–H groups in total. The van der Waals surface area contributed by atoms with E-state index in [2.05, 4.69) is 5.32 Å². The molecule has 0 bridgehead atoms. The van der Waals surface area contributed by atoms with Gasteiger partial charge in [0.05, 0.1) is 18.8 Å². The van der Waals surface area contributed by atoms with Crippen LogP contribution in [0.5, 0.6) is 11.5 Å². The third-order valence-electron chi connectivity index (χ3n) is 4.32. The van der Waals surface area contributed by atoms with Gasteiger partial charge in [-0.15, -0.1) is 0 Å². The SMILES string of the molecule is CCCOc1ccc(C(=O)O[C@@H](C)C(=O)Nc2c(C)cccc2C)cc1OCC. The Labute approximate surface area is 172 Å². The lowest BCUT2D eigenvalue weighted by Gasteiger charge is -2.17. The Balaban J connectivity index is 2.08. The van der Waals surface area contributed by atoms with Crippen LogP contribution in [0, 0.1) is 13.8 Å². The minimum Gasteiger partial charge on any atom is -0.490 e. The smallest absolute Gasteiger partial charge is 0.339 e. The predicted molar refractivity (Wildman–Crippen MR) is 113 cm³/mol. The minimum absolute atomic E-state index is 0.295. The Hall–Kier alpha value is -3.02. The predicted octanol–water partition coefficient (Wildman–Crippen LogP) is 4.67. The number of aryl methyl sites for hydroxylation is 2. The van der Waals surface area contributed by atoms with Gasteiger partial charge in [0.15, 0.2) is 17.6 Å². The van der Waals surface area contributed by atoms with Crippen LogP contribution in [0.1, 0.15) is 48.7 Å². The van der Waals surface area contributed by atoms with Gasteiger partial charge in [-0.1, -0.05) is 25.1 Å². The third-order valence-corrected chi connectivity index (χ3v) is 4.32. The molecule has 1 amide bonds. The van der Waals surface area contributed by atoms with Crippen LogP contribution in [0.4, 0.5) is 5.69 Å². The Kier molecular flexibility index (Phi) is 8.07. The molecular weight excluding hydrogens is 370 g/mol. The summed E-state index contributed by atoms with van der Waals surface area (Å²) >= 11 is 0. The number of amides is 1. The van der Waals surface area contributed by atoms with Crippen molar-refractivity contribution in [3.05, 3.63) is 53.1 Å². The average molecular weight is 399 g/mol. The van der Waals surface area contributed by atoms with Gasteiger partial charge in [0.25, 0.3) is 5.91 Å². The zero-order valence-electron chi connectivity index (χ0n) is 17.7. The summed E-state index contributed by atoms with van der Waals surface area (Å²) in [6.07, 6.45) is -0.0874. The normalized spacial score (nSPS) is 11.5. The summed E-state index contributed by atoms with van der Waals surface area (Å²) < 4.78 is 16.6. The first kappa shape index (κ1) is 22.3. The Morgan fingerprint density at radius 2 is 1.69 bits per heavy atom. The molecule has 0 fully saturated rings. The van der Waals surface area contributed by atoms with Crippen molar-refractivity contribution in [2.75, 3.05) is 18.5 Å². The number of rotatable bonds is 9. The van der Waals surface area contributed by atoms with Gasteiger partial charge in [-0.3, -0.25) is 4.79 Å². The number of esters is 1. The van der Waals surface area contributed by atoms with Gasteiger partial charge in [-0.05, 0) is 63.4 Å².